The minimum atomic E-state index is -0.501. The number of anilines is 1. The minimum absolute atomic E-state index is 0.249. The Hall–Kier alpha value is -3.26. The molecule has 0 atom stereocenters. The van der Waals surface area contributed by atoms with E-state index < -0.39 is 17.1 Å². The second-order valence-electron chi connectivity index (χ2n) is 7.18. The monoisotopic (exact) mass is 440 g/mol. The molecule has 1 aliphatic rings. The van der Waals surface area contributed by atoms with Crippen molar-refractivity contribution in [1.29, 1.82) is 0 Å². The van der Waals surface area contributed by atoms with Crippen LogP contribution in [0.15, 0.2) is 35.2 Å². The van der Waals surface area contributed by atoms with Gasteiger partial charge in [-0.2, -0.15) is 0 Å². The second-order valence-corrected chi connectivity index (χ2v) is 8.17. The lowest BCUT2D eigenvalue weighted by Gasteiger charge is -2.13. The van der Waals surface area contributed by atoms with Crippen molar-refractivity contribution in [2.24, 2.45) is 0 Å². The third kappa shape index (κ3) is 4.91. The first-order chi connectivity index (χ1) is 14.7. The molecule has 8 heteroatoms. The van der Waals surface area contributed by atoms with E-state index in [4.69, 9.17) is 9.47 Å². The summed E-state index contributed by atoms with van der Waals surface area (Å²) in [6.45, 7) is 5.45. The van der Waals surface area contributed by atoms with Crippen LogP contribution in [0.3, 0.4) is 0 Å². The maximum atomic E-state index is 12.8. The van der Waals surface area contributed by atoms with Gasteiger partial charge in [-0.05, 0) is 85.1 Å². The quantitative estimate of drug-likeness (QED) is 0.674. The molecule has 1 aliphatic heterocycles. The molecule has 1 fully saturated rings. The van der Waals surface area contributed by atoms with E-state index in [0.29, 0.717) is 17.2 Å². The lowest BCUT2D eigenvalue weighted by Crippen LogP contribution is -2.36. The first-order valence-corrected chi connectivity index (χ1v) is 10.4. The Morgan fingerprint density at radius 1 is 1.00 bits per heavy atom. The van der Waals surface area contributed by atoms with Gasteiger partial charge in [0.05, 0.1) is 19.1 Å². The zero-order valence-corrected chi connectivity index (χ0v) is 18.9. The van der Waals surface area contributed by atoms with Crippen LogP contribution in [-0.4, -0.2) is 42.7 Å². The molecule has 7 nitrogen and oxygen atoms in total. The highest BCUT2D eigenvalue weighted by atomic mass is 32.2. The molecule has 2 aromatic rings. The van der Waals surface area contributed by atoms with Gasteiger partial charge in [0.1, 0.15) is 6.54 Å². The van der Waals surface area contributed by atoms with Gasteiger partial charge in [-0.1, -0.05) is 6.07 Å². The number of imide groups is 1. The summed E-state index contributed by atoms with van der Waals surface area (Å²) in [5.41, 5.74) is 4.35. The van der Waals surface area contributed by atoms with E-state index in [9.17, 15) is 14.4 Å². The van der Waals surface area contributed by atoms with E-state index in [-0.39, 0.29) is 11.4 Å². The molecule has 0 aromatic heterocycles. The second kappa shape index (κ2) is 9.26. The molecule has 2 aromatic carbocycles. The average Bonchev–Trinajstić information content (AvgIpc) is 2.99. The highest BCUT2D eigenvalue weighted by Gasteiger charge is 2.36. The van der Waals surface area contributed by atoms with Crippen LogP contribution < -0.4 is 14.8 Å². The van der Waals surface area contributed by atoms with E-state index in [0.717, 1.165) is 38.9 Å². The van der Waals surface area contributed by atoms with Crippen LogP contribution in [-0.2, 0) is 9.59 Å². The van der Waals surface area contributed by atoms with Gasteiger partial charge in [0.15, 0.2) is 11.5 Å². The molecule has 1 heterocycles. The number of carbonyl (C=O) groups excluding carboxylic acids is 3. The van der Waals surface area contributed by atoms with Crippen molar-refractivity contribution in [3.05, 3.63) is 57.5 Å². The van der Waals surface area contributed by atoms with Crippen molar-refractivity contribution < 1.29 is 23.9 Å². The van der Waals surface area contributed by atoms with Crippen LogP contribution in [0.4, 0.5) is 10.5 Å². The van der Waals surface area contributed by atoms with Crippen molar-refractivity contribution in [2.45, 2.75) is 20.8 Å². The summed E-state index contributed by atoms with van der Waals surface area (Å²) in [5, 5.41) is 2.25. The molecule has 0 bridgehead atoms. The van der Waals surface area contributed by atoms with Gasteiger partial charge in [0, 0.05) is 5.69 Å². The molecule has 0 aliphatic carbocycles. The van der Waals surface area contributed by atoms with Gasteiger partial charge < -0.3 is 14.8 Å². The Kier molecular flexibility index (Phi) is 6.70. The lowest BCUT2D eigenvalue weighted by atomic mass is 10.1. The number of rotatable bonds is 6. The molecule has 162 valence electrons. The Labute approximate surface area is 185 Å². The van der Waals surface area contributed by atoms with Crippen LogP contribution in [0.2, 0.25) is 0 Å². The van der Waals surface area contributed by atoms with Crippen LogP contribution in [0.25, 0.3) is 6.08 Å². The summed E-state index contributed by atoms with van der Waals surface area (Å²) in [6.07, 6.45) is 1.63. The highest BCUT2D eigenvalue weighted by molar-refractivity contribution is 8.18. The van der Waals surface area contributed by atoms with E-state index in [2.05, 4.69) is 5.32 Å². The molecule has 3 amide bonds. The van der Waals surface area contributed by atoms with Gasteiger partial charge in [0.2, 0.25) is 5.91 Å². The predicted octanol–water partition coefficient (Wildman–Crippen LogP) is 4.30. The maximum absolute atomic E-state index is 12.8. The van der Waals surface area contributed by atoms with Gasteiger partial charge in [-0.25, -0.2) is 0 Å². The van der Waals surface area contributed by atoms with E-state index in [1.807, 2.05) is 32.9 Å². The van der Waals surface area contributed by atoms with Gasteiger partial charge in [0.25, 0.3) is 11.1 Å². The Balaban J connectivity index is 1.76. The van der Waals surface area contributed by atoms with Crippen LogP contribution >= 0.6 is 11.8 Å². The number of benzene rings is 2. The molecule has 0 radical (unpaired) electrons. The summed E-state index contributed by atoms with van der Waals surface area (Å²) in [7, 11) is 3.07. The topological polar surface area (TPSA) is 84.9 Å². The summed E-state index contributed by atoms with van der Waals surface area (Å²) < 4.78 is 10.6. The third-order valence-corrected chi connectivity index (χ3v) is 5.93. The third-order valence-electron chi connectivity index (χ3n) is 5.02. The summed E-state index contributed by atoms with van der Waals surface area (Å²) in [4.78, 5) is 38.8. The first kappa shape index (κ1) is 22.4. The maximum Gasteiger partial charge on any atom is 0.294 e. The van der Waals surface area contributed by atoms with Gasteiger partial charge in [-0.15, -0.1) is 0 Å². The molecular formula is C23H24N2O5S. The first-order valence-electron chi connectivity index (χ1n) is 9.58. The molecule has 3 rings (SSSR count). The normalized spacial score (nSPS) is 14.9. The smallest absolute Gasteiger partial charge is 0.294 e. The number of carbonyl (C=O) groups is 3. The zero-order chi connectivity index (χ0) is 22.7. The molecular weight excluding hydrogens is 416 g/mol. The summed E-state index contributed by atoms with van der Waals surface area (Å²) in [5.74, 6) is 0.160. The summed E-state index contributed by atoms with van der Waals surface area (Å²) in [6, 6.07) is 9.08. The number of hydrogen-bond acceptors (Lipinski definition) is 6. The van der Waals surface area contributed by atoms with Crippen molar-refractivity contribution >= 4 is 40.6 Å². The van der Waals surface area contributed by atoms with Crippen LogP contribution in [0, 0.1) is 20.8 Å². The number of methoxy groups -OCH3 is 2. The molecule has 0 unspecified atom stereocenters. The number of nitrogens with zero attached hydrogens (tertiary/aromatic N) is 1. The van der Waals surface area contributed by atoms with E-state index >= 15 is 0 Å². The van der Waals surface area contributed by atoms with E-state index in [1.54, 1.807) is 31.4 Å². The average molecular weight is 441 g/mol. The number of hydrogen-bond donors (Lipinski definition) is 1. The highest BCUT2D eigenvalue weighted by Crippen LogP contribution is 2.36. The van der Waals surface area contributed by atoms with Crippen LogP contribution in [0.1, 0.15) is 22.3 Å². The summed E-state index contributed by atoms with van der Waals surface area (Å²) >= 11 is 0.808. The van der Waals surface area contributed by atoms with Crippen molar-refractivity contribution in [1.82, 2.24) is 4.90 Å². The van der Waals surface area contributed by atoms with Crippen molar-refractivity contribution in [2.75, 3.05) is 26.1 Å². The Bertz CT molecular complexity index is 1090. The Morgan fingerprint density at radius 3 is 2.32 bits per heavy atom. The van der Waals surface area contributed by atoms with Gasteiger partial charge in [-0.3, -0.25) is 19.3 Å². The number of aryl methyl sites for hydroxylation is 3. The fourth-order valence-corrected chi connectivity index (χ4v) is 3.92. The standard InChI is InChI=1S/C23H24N2O5S/c1-13-6-7-17(8-14(13)2)24-21(26)12-25-22(27)20(31-23(25)28)11-16-10-19(30-5)18(29-4)9-15(16)3/h6-11H,12H2,1-5H3,(H,24,26)/b20-11-. The number of ether oxygens (including phenoxy) is 2. The molecule has 31 heavy (non-hydrogen) atoms. The molecule has 0 saturated carbocycles. The van der Waals surface area contributed by atoms with Crippen molar-refractivity contribution in [3.8, 4) is 11.5 Å². The molecule has 1 saturated heterocycles. The fraction of sp³-hybridized carbons (Fsp3) is 0.261. The van der Waals surface area contributed by atoms with Crippen LogP contribution in [0.5, 0.6) is 11.5 Å². The largest absolute Gasteiger partial charge is 0.493 e. The SMILES string of the molecule is COc1cc(C)c(/C=C2\SC(=O)N(CC(=O)Nc3ccc(C)c(C)c3)C2=O)cc1OC. The predicted molar refractivity (Wildman–Crippen MR) is 122 cm³/mol. The fourth-order valence-electron chi connectivity index (χ4n) is 3.09. The Morgan fingerprint density at radius 2 is 1.68 bits per heavy atom. The minimum Gasteiger partial charge on any atom is -0.493 e. The zero-order valence-electron chi connectivity index (χ0n) is 18.1. The van der Waals surface area contributed by atoms with Crippen molar-refractivity contribution in [3.63, 3.8) is 0 Å². The number of thioether (sulfide) groups is 1. The van der Waals surface area contributed by atoms with Gasteiger partial charge >= 0.3 is 0 Å². The lowest BCUT2D eigenvalue weighted by molar-refractivity contribution is -0.127. The molecule has 0 spiro atoms. The number of nitrogens with one attached hydrogen (secondary N) is 1. The van der Waals surface area contributed by atoms with E-state index in [1.165, 1.54) is 7.11 Å². The number of amides is 3. The molecule has 1 N–H and O–H groups in total.